The van der Waals surface area contributed by atoms with Crippen molar-refractivity contribution in [3.05, 3.63) is 28.8 Å². The number of ether oxygens (including phenoxy) is 1. The number of alkyl halides is 2. The first-order valence-electron chi connectivity index (χ1n) is 4.66. The Morgan fingerprint density at radius 2 is 1.73 bits per heavy atom. The molecule has 0 bridgehead atoms. The molecule has 0 aromatic heterocycles. The molecule has 15 heavy (non-hydrogen) atoms. The number of hydrogen-bond donors (Lipinski definition) is 1. The quantitative estimate of drug-likeness (QED) is 0.840. The van der Waals surface area contributed by atoms with Crippen molar-refractivity contribution in [3.8, 4) is 5.75 Å². The van der Waals surface area contributed by atoms with Crippen LogP contribution < -0.4 is 10.5 Å². The van der Waals surface area contributed by atoms with E-state index in [0.717, 1.165) is 0 Å². The van der Waals surface area contributed by atoms with Crippen LogP contribution >= 0.6 is 0 Å². The van der Waals surface area contributed by atoms with Crippen molar-refractivity contribution in [2.45, 2.75) is 19.8 Å². The molecule has 1 aromatic rings. The second kappa shape index (κ2) is 4.14. The van der Waals surface area contributed by atoms with Gasteiger partial charge in [0.05, 0.1) is 13.7 Å². The fourth-order valence-electron chi connectivity index (χ4n) is 1.60. The van der Waals surface area contributed by atoms with Crippen molar-refractivity contribution in [3.63, 3.8) is 0 Å². The van der Waals surface area contributed by atoms with E-state index in [0.29, 0.717) is 16.9 Å². The van der Waals surface area contributed by atoms with Crippen LogP contribution in [0.15, 0.2) is 12.1 Å². The normalized spacial score (nSPS) is 11.6. The van der Waals surface area contributed by atoms with Crippen molar-refractivity contribution >= 4 is 0 Å². The van der Waals surface area contributed by atoms with E-state index >= 15 is 0 Å². The van der Waals surface area contributed by atoms with Crippen LogP contribution in [0.2, 0.25) is 0 Å². The highest BCUT2D eigenvalue weighted by molar-refractivity contribution is 5.44. The van der Waals surface area contributed by atoms with Gasteiger partial charge in [0.1, 0.15) is 5.75 Å². The SMILES string of the molecule is COc1c(C)cc(C(F)(F)CN)cc1C. The van der Waals surface area contributed by atoms with Gasteiger partial charge in [-0.3, -0.25) is 0 Å². The van der Waals surface area contributed by atoms with Crippen molar-refractivity contribution in [1.82, 2.24) is 0 Å². The number of nitrogens with two attached hydrogens (primary N) is 1. The van der Waals surface area contributed by atoms with Crippen LogP contribution in [0.1, 0.15) is 16.7 Å². The minimum Gasteiger partial charge on any atom is -0.496 e. The summed E-state index contributed by atoms with van der Waals surface area (Å²) in [5.41, 5.74) is 6.36. The third-order valence-corrected chi connectivity index (χ3v) is 2.34. The number of methoxy groups -OCH3 is 1. The van der Waals surface area contributed by atoms with Crippen LogP contribution in [0.3, 0.4) is 0 Å². The third-order valence-electron chi connectivity index (χ3n) is 2.34. The van der Waals surface area contributed by atoms with E-state index in [9.17, 15) is 8.78 Å². The predicted molar refractivity (Wildman–Crippen MR) is 55.4 cm³/mol. The fourth-order valence-corrected chi connectivity index (χ4v) is 1.60. The highest BCUT2D eigenvalue weighted by Gasteiger charge is 2.30. The van der Waals surface area contributed by atoms with E-state index in [1.165, 1.54) is 19.2 Å². The Morgan fingerprint density at radius 3 is 2.07 bits per heavy atom. The van der Waals surface area contributed by atoms with Crippen LogP contribution in [0.25, 0.3) is 0 Å². The minimum atomic E-state index is -2.97. The summed E-state index contributed by atoms with van der Waals surface area (Å²) < 4.78 is 31.7. The maximum atomic E-state index is 13.3. The molecule has 84 valence electrons. The van der Waals surface area contributed by atoms with Gasteiger partial charge in [-0.25, -0.2) is 0 Å². The smallest absolute Gasteiger partial charge is 0.285 e. The van der Waals surface area contributed by atoms with Gasteiger partial charge >= 0.3 is 0 Å². The van der Waals surface area contributed by atoms with Gasteiger partial charge in [0, 0.05) is 5.56 Å². The monoisotopic (exact) mass is 215 g/mol. The summed E-state index contributed by atoms with van der Waals surface area (Å²) in [4.78, 5) is 0. The van der Waals surface area contributed by atoms with E-state index in [2.05, 4.69) is 0 Å². The highest BCUT2D eigenvalue weighted by atomic mass is 19.3. The number of rotatable bonds is 3. The molecule has 2 N–H and O–H groups in total. The Morgan fingerprint density at radius 1 is 1.27 bits per heavy atom. The first-order chi connectivity index (χ1) is 6.92. The van der Waals surface area contributed by atoms with Gasteiger partial charge in [-0.2, -0.15) is 8.78 Å². The van der Waals surface area contributed by atoms with Crippen molar-refractivity contribution in [1.29, 1.82) is 0 Å². The lowest BCUT2D eigenvalue weighted by atomic mass is 10.0. The average Bonchev–Trinajstić information content (AvgIpc) is 2.17. The van der Waals surface area contributed by atoms with Gasteiger partial charge < -0.3 is 10.5 Å². The van der Waals surface area contributed by atoms with Gasteiger partial charge in [0.15, 0.2) is 0 Å². The Bertz CT molecular complexity index is 341. The maximum Gasteiger partial charge on any atom is 0.285 e. The first-order valence-corrected chi connectivity index (χ1v) is 4.66. The van der Waals surface area contributed by atoms with Crippen LogP contribution in [0.4, 0.5) is 8.78 Å². The summed E-state index contributed by atoms with van der Waals surface area (Å²) in [5, 5.41) is 0. The molecule has 0 aliphatic heterocycles. The van der Waals surface area contributed by atoms with Crippen molar-refractivity contribution in [2.24, 2.45) is 5.73 Å². The van der Waals surface area contributed by atoms with Crippen LogP contribution in [0.5, 0.6) is 5.75 Å². The number of benzene rings is 1. The third kappa shape index (κ3) is 2.26. The van der Waals surface area contributed by atoms with Crippen LogP contribution in [-0.4, -0.2) is 13.7 Å². The molecule has 0 spiro atoms. The molecule has 0 saturated carbocycles. The summed E-state index contributed by atoms with van der Waals surface area (Å²) in [6.45, 7) is 2.79. The molecule has 0 amide bonds. The Balaban J connectivity index is 3.26. The van der Waals surface area contributed by atoms with E-state index in [1.807, 2.05) is 0 Å². The summed E-state index contributed by atoms with van der Waals surface area (Å²) in [6, 6.07) is 2.83. The van der Waals surface area contributed by atoms with Gasteiger partial charge in [0.25, 0.3) is 5.92 Å². The van der Waals surface area contributed by atoms with Crippen molar-refractivity contribution < 1.29 is 13.5 Å². The summed E-state index contributed by atoms with van der Waals surface area (Å²) in [6.07, 6.45) is 0. The molecule has 2 nitrogen and oxygen atoms in total. The number of aryl methyl sites for hydroxylation is 2. The lowest BCUT2D eigenvalue weighted by Gasteiger charge is -2.17. The molecule has 0 fully saturated rings. The van der Waals surface area contributed by atoms with Crippen molar-refractivity contribution in [2.75, 3.05) is 13.7 Å². The zero-order valence-corrected chi connectivity index (χ0v) is 9.10. The number of halogens is 2. The minimum absolute atomic E-state index is 0.0548. The highest BCUT2D eigenvalue weighted by Crippen LogP contribution is 2.32. The molecule has 0 saturated heterocycles. The molecule has 0 unspecified atom stereocenters. The Labute approximate surface area is 88.0 Å². The average molecular weight is 215 g/mol. The molecular weight excluding hydrogens is 200 g/mol. The second-order valence-electron chi connectivity index (χ2n) is 3.55. The van der Waals surface area contributed by atoms with E-state index in [1.54, 1.807) is 13.8 Å². The van der Waals surface area contributed by atoms with Gasteiger partial charge in [-0.15, -0.1) is 0 Å². The zero-order chi connectivity index (χ0) is 11.6. The van der Waals surface area contributed by atoms with E-state index in [4.69, 9.17) is 10.5 Å². The Hall–Kier alpha value is -1.16. The summed E-state index contributed by atoms with van der Waals surface area (Å²) in [7, 11) is 1.52. The predicted octanol–water partition coefficient (Wildman–Crippen LogP) is 2.36. The standard InChI is InChI=1S/C11H15F2NO/c1-7-4-9(11(12,13)6-14)5-8(2)10(7)15-3/h4-5H,6,14H2,1-3H3. The van der Waals surface area contributed by atoms with Gasteiger partial charge in [-0.05, 0) is 37.1 Å². The summed E-state index contributed by atoms with van der Waals surface area (Å²) >= 11 is 0. The van der Waals surface area contributed by atoms with Gasteiger partial charge in [-0.1, -0.05) is 0 Å². The van der Waals surface area contributed by atoms with E-state index < -0.39 is 12.5 Å². The largest absolute Gasteiger partial charge is 0.496 e. The Kier molecular flexibility index (Phi) is 3.29. The summed E-state index contributed by atoms with van der Waals surface area (Å²) in [5.74, 6) is -2.33. The topological polar surface area (TPSA) is 35.2 Å². The fraction of sp³-hybridized carbons (Fsp3) is 0.455. The molecule has 0 aliphatic carbocycles. The lowest BCUT2D eigenvalue weighted by molar-refractivity contribution is 0.00579. The lowest BCUT2D eigenvalue weighted by Crippen LogP contribution is -2.25. The maximum absolute atomic E-state index is 13.3. The zero-order valence-electron chi connectivity index (χ0n) is 9.10. The second-order valence-corrected chi connectivity index (χ2v) is 3.55. The molecular formula is C11H15F2NO. The van der Waals surface area contributed by atoms with E-state index in [-0.39, 0.29) is 5.56 Å². The molecule has 4 heteroatoms. The molecule has 0 radical (unpaired) electrons. The molecule has 0 heterocycles. The van der Waals surface area contributed by atoms with Gasteiger partial charge in [0.2, 0.25) is 0 Å². The molecule has 0 atom stereocenters. The first kappa shape index (κ1) is 11.9. The molecule has 1 rings (SSSR count). The molecule has 1 aromatic carbocycles. The number of hydrogen-bond acceptors (Lipinski definition) is 2. The molecule has 0 aliphatic rings. The van der Waals surface area contributed by atoms with Crippen LogP contribution in [0, 0.1) is 13.8 Å². The van der Waals surface area contributed by atoms with Crippen LogP contribution in [-0.2, 0) is 5.92 Å².